The molecular formula is C15H16Cl2N2O. The standard InChI is InChI=1S/C15H16Cl2N2O/c1-3-12-15(17)13(19(4-2)18-12)9-14(20)10-7-5-6-8-11(10)16/h5-8H,3-4,9H2,1-2H3. The Morgan fingerprint density at radius 3 is 2.55 bits per heavy atom. The molecule has 0 fully saturated rings. The summed E-state index contributed by atoms with van der Waals surface area (Å²) >= 11 is 12.4. The predicted octanol–water partition coefficient (Wildman–Crippen LogP) is 4.20. The second-order valence-corrected chi connectivity index (χ2v) is 5.24. The third-order valence-electron chi connectivity index (χ3n) is 3.20. The highest BCUT2D eigenvalue weighted by Gasteiger charge is 2.19. The van der Waals surface area contributed by atoms with Gasteiger partial charge in [0.1, 0.15) is 0 Å². The van der Waals surface area contributed by atoms with Gasteiger partial charge in [0.15, 0.2) is 5.78 Å². The third-order valence-corrected chi connectivity index (χ3v) is 3.96. The van der Waals surface area contributed by atoms with E-state index >= 15 is 0 Å². The molecule has 0 amide bonds. The molecule has 1 aromatic heterocycles. The molecule has 0 atom stereocenters. The first-order valence-electron chi connectivity index (χ1n) is 6.60. The summed E-state index contributed by atoms with van der Waals surface area (Å²) in [5.74, 6) is -0.0465. The minimum Gasteiger partial charge on any atom is -0.294 e. The number of carbonyl (C=O) groups is 1. The van der Waals surface area contributed by atoms with Crippen molar-refractivity contribution in [3.63, 3.8) is 0 Å². The van der Waals surface area contributed by atoms with E-state index in [-0.39, 0.29) is 12.2 Å². The summed E-state index contributed by atoms with van der Waals surface area (Å²) < 4.78 is 1.79. The summed E-state index contributed by atoms with van der Waals surface area (Å²) in [7, 11) is 0. The van der Waals surface area contributed by atoms with Crippen LogP contribution in [0.1, 0.15) is 35.6 Å². The summed E-state index contributed by atoms with van der Waals surface area (Å²) in [6, 6.07) is 7.05. The Labute approximate surface area is 128 Å². The number of hydrogen-bond donors (Lipinski definition) is 0. The zero-order chi connectivity index (χ0) is 14.7. The molecule has 0 aliphatic carbocycles. The average molecular weight is 311 g/mol. The Morgan fingerprint density at radius 2 is 1.95 bits per heavy atom. The number of halogens is 2. The summed E-state index contributed by atoms with van der Waals surface area (Å²) in [5.41, 5.74) is 2.11. The quantitative estimate of drug-likeness (QED) is 0.776. The zero-order valence-corrected chi connectivity index (χ0v) is 13.0. The predicted molar refractivity (Wildman–Crippen MR) is 81.8 cm³/mol. The molecule has 0 aliphatic rings. The molecule has 0 radical (unpaired) electrons. The molecule has 1 heterocycles. The van der Waals surface area contributed by atoms with Crippen LogP contribution in [0, 0.1) is 0 Å². The van der Waals surface area contributed by atoms with Crippen LogP contribution in [0.3, 0.4) is 0 Å². The fraction of sp³-hybridized carbons (Fsp3) is 0.333. The van der Waals surface area contributed by atoms with Crippen molar-refractivity contribution >= 4 is 29.0 Å². The Kier molecular flexibility index (Phi) is 4.84. The van der Waals surface area contributed by atoms with Crippen LogP contribution in [0.15, 0.2) is 24.3 Å². The summed E-state index contributed by atoms with van der Waals surface area (Å²) in [4.78, 5) is 12.4. The molecule has 0 N–H and O–H groups in total. The number of benzene rings is 1. The maximum absolute atomic E-state index is 12.4. The topological polar surface area (TPSA) is 34.9 Å². The first kappa shape index (κ1) is 15.1. The molecule has 106 valence electrons. The normalized spacial score (nSPS) is 10.8. The molecule has 0 bridgehead atoms. The van der Waals surface area contributed by atoms with Gasteiger partial charge in [0.25, 0.3) is 0 Å². The molecular weight excluding hydrogens is 295 g/mol. The van der Waals surface area contributed by atoms with E-state index in [1.807, 2.05) is 13.8 Å². The fourth-order valence-corrected chi connectivity index (χ4v) is 2.70. The van der Waals surface area contributed by atoms with Gasteiger partial charge in [-0.25, -0.2) is 0 Å². The van der Waals surface area contributed by atoms with Crippen molar-refractivity contribution in [1.82, 2.24) is 9.78 Å². The van der Waals surface area contributed by atoms with Crippen LogP contribution in [0.5, 0.6) is 0 Å². The smallest absolute Gasteiger partial charge is 0.170 e. The van der Waals surface area contributed by atoms with E-state index in [2.05, 4.69) is 5.10 Å². The highest BCUT2D eigenvalue weighted by molar-refractivity contribution is 6.34. The van der Waals surface area contributed by atoms with Crippen molar-refractivity contribution in [3.8, 4) is 0 Å². The molecule has 0 aliphatic heterocycles. The fourth-order valence-electron chi connectivity index (χ4n) is 2.12. The van der Waals surface area contributed by atoms with Crippen LogP contribution in [0.2, 0.25) is 10.0 Å². The van der Waals surface area contributed by atoms with Gasteiger partial charge in [0.05, 0.1) is 27.9 Å². The SMILES string of the molecule is CCc1nn(CC)c(CC(=O)c2ccccc2Cl)c1Cl. The molecule has 3 nitrogen and oxygen atoms in total. The summed E-state index contributed by atoms with van der Waals surface area (Å²) in [6.45, 7) is 4.66. The molecule has 1 aromatic carbocycles. The van der Waals surface area contributed by atoms with Gasteiger partial charge >= 0.3 is 0 Å². The van der Waals surface area contributed by atoms with Gasteiger partial charge < -0.3 is 0 Å². The van der Waals surface area contributed by atoms with E-state index in [1.54, 1.807) is 28.9 Å². The second kappa shape index (κ2) is 6.42. The minimum atomic E-state index is -0.0465. The van der Waals surface area contributed by atoms with E-state index in [1.165, 1.54) is 0 Å². The van der Waals surface area contributed by atoms with Crippen molar-refractivity contribution in [2.24, 2.45) is 0 Å². The van der Waals surface area contributed by atoms with Crippen molar-refractivity contribution in [2.45, 2.75) is 33.2 Å². The summed E-state index contributed by atoms with van der Waals surface area (Å²) in [6.07, 6.45) is 0.961. The van der Waals surface area contributed by atoms with Gasteiger partial charge in [-0.2, -0.15) is 5.10 Å². The van der Waals surface area contributed by atoms with Gasteiger partial charge in [-0.15, -0.1) is 0 Å². The van der Waals surface area contributed by atoms with E-state index in [4.69, 9.17) is 23.2 Å². The molecule has 0 unspecified atom stereocenters. The highest BCUT2D eigenvalue weighted by Crippen LogP contribution is 2.24. The van der Waals surface area contributed by atoms with Crippen molar-refractivity contribution in [1.29, 1.82) is 0 Å². The van der Waals surface area contributed by atoms with Gasteiger partial charge in [0.2, 0.25) is 0 Å². The first-order chi connectivity index (χ1) is 9.58. The highest BCUT2D eigenvalue weighted by atomic mass is 35.5. The molecule has 0 saturated heterocycles. The van der Waals surface area contributed by atoms with E-state index in [0.29, 0.717) is 22.2 Å². The van der Waals surface area contributed by atoms with Crippen LogP contribution in [0.4, 0.5) is 0 Å². The third kappa shape index (κ3) is 2.89. The minimum absolute atomic E-state index is 0.0465. The number of nitrogens with zero attached hydrogens (tertiary/aromatic N) is 2. The van der Waals surface area contributed by atoms with Crippen LogP contribution in [0.25, 0.3) is 0 Å². The lowest BCUT2D eigenvalue weighted by Gasteiger charge is -2.06. The zero-order valence-electron chi connectivity index (χ0n) is 11.5. The van der Waals surface area contributed by atoms with Gasteiger partial charge in [-0.1, -0.05) is 42.3 Å². The Hall–Kier alpha value is -1.32. The first-order valence-corrected chi connectivity index (χ1v) is 7.35. The van der Waals surface area contributed by atoms with Crippen molar-refractivity contribution in [2.75, 3.05) is 0 Å². The Bertz CT molecular complexity index is 635. The van der Waals surface area contributed by atoms with Gasteiger partial charge in [-0.05, 0) is 25.5 Å². The van der Waals surface area contributed by atoms with Gasteiger partial charge in [0, 0.05) is 12.1 Å². The molecule has 20 heavy (non-hydrogen) atoms. The lowest BCUT2D eigenvalue weighted by Crippen LogP contribution is -2.10. The lowest BCUT2D eigenvalue weighted by atomic mass is 10.1. The molecule has 2 rings (SSSR count). The van der Waals surface area contributed by atoms with Crippen LogP contribution in [-0.2, 0) is 19.4 Å². The number of hydrogen-bond acceptors (Lipinski definition) is 2. The molecule has 0 spiro atoms. The molecule has 0 saturated carbocycles. The monoisotopic (exact) mass is 310 g/mol. The van der Waals surface area contributed by atoms with E-state index < -0.39 is 0 Å². The van der Waals surface area contributed by atoms with Crippen molar-refractivity contribution < 1.29 is 4.79 Å². The number of rotatable bonds is 5. The Balaban J connectivity index is 2.33. The summed E-state index contributed by atoms with van der Waals surface area (Å²) in [5, 5.41) is 5.47. The second-order valence-electron chi connectivity index (χ2n) is 4.46. The van der Waals surface area contributed by atoms with Crippen molar-refractivity contribution in [3.05, 3.63) is 51.3 Å². The maximum Gasteiger partial charge on any atom is 0.170 e. The number of aromatic nitrogens is 2. The lowest BCUT2D eigenvalue weighted by molar-refractivity contribution is 0.0990. The molecule has 5 heteroatoms. The number of Topliss-reactive ketones (excluding diaryl/α,β-unsaturated/α-hetero) is 1. The average Bonchev–Trinajstić information content (AvgIpc) is 2.75. The largest absolute Gasteiger partial charge is 0.294 e. The van der Waals surface area contributed by atoms with Crippen LogP contribution in [-0.4, -0.2) is 15.6 Å². The van der Waals surface area contributed by atoms with E-state index in [0.717, 1.165) is 17.8 Å². The van der Waals surface area contributed by atoms with Crippen LogP contribution < -0.4 is 0 Å². The maximum atomic E-state index is 12.4. The number of carbonyl (C=O) groups excluding carboxylic acids is 1. The van der Waals surface area contributed by atoms with Crippen LogP contribution >= 0.6 is 23.2 Å². The number of aryl methyl sites for hydroxylation is 2. The Morgan fingerprint density at radius 1 is 1.25 bits per heavy atom. The van der Waals surface area contributed by atoms with Gasteiger partial charge in [-0.3, -0.25) is 9.48 Å². The molecule has 2 aromatic rings. The number of ketones is 1. The van der Waals surface area contributed by atoms with E-state index in [9.17, 15) is 4.79 Å².